The molecule has 1 aliphatic carbocycles. The van der Waals surface area contributed by atoms with Gasteiger partial charge in [0.2, 0.25) is 5.91 Å². The Bertz CT molecular complexity index is 1760. The Morgan fingerprint density at radius 2 is 1.41 bits per heavy atom. The maximum absolute atomic E-state index is 15.6. The summed E-state index contributed by atoms with van der Waals surface area (Å²) in [5.74, 6) is -4.61. The van der Waals surface area contributed by atoms with E-state index in [0.717, 1.165) is 49.3 Å². The fourth-order valence-corrected chi connectivity index (χ4v) is 6.26. The van der Waals surface area contributed by atoms with Crippen LogP contribution in [0.2, 0.25) is 0 Å². The molecule has 0 spiro atoms. The highest BCUT2D eigenvalue weighted by Crippen LogP contribution is 2.43. The van der Waals surface area contributed by atoms with E-state index in [1.807, 2.05) is 42.5 Å². The van der Waals surface area contributed by atoms with Crippen LogP contribution in [0.1, 0.15) is 64.8 Å². The van der Waals surface area contributed by atoms with Crippen LogP contribution in [-0.4, -0.2) is 36.2 Å². The number of amides is 3. The van der Waals surface area contributed by atoms with E-state index in [1.54, 1.807) is 54.6 Å². The Morgan fingerprint density at radius 3 is 2.15 bits per heavy atom. The summed E-state index contributed by atoms with van der Waals surface area (Å²) in [6.07, 6.45) is 5.19. The summed E-state index contributed by atoms with van der Waals surface area (Å²) in [6, 6.07) is 29.8. The molecule has 234 valence electrons. The topological polar surface area (TPSA) is 78.5 Å². The number of anilines is 2. The van der Waals surface area contributed by atoms with E-state index in [-0.39, 0.29) is 35.2 Å². The number of hydrogen-bond acceptors (Lipinski definition) is 3. The monoisotopic (exact) mass is 619 g/mol. The number of alkyl halides is 2. The molecule has 46 heavy (non-hydrogen) atoms. The highest BCUT2D eigenvalue weighted by Gasteiger charge is 2.41. The van der Waals surface area contributed by atoms with Crippen LogP contribution in [0.4, 0.5) is 20.2 Å². The number of benzene rings is 4. The number of rotatable bonds is 6. The van der Waals surface area contributed by atoms with Crippen LogP contribution in [0.5, 0.6) is 0 Å². The van der Waals surface area contributed by atoms with Gasteiger partial charge in [-0.2, -0.15) is 0 Å². The summed E-state index contributed by atoms with van der Waals surface area (Å²) >= 11 is 0. The minimum atomic E-state index is -3.32. The van der Waals surface area contributed by atoms with Crippen LogP contribution in [0.25, 0.3) is 16.7 Å². The minimum Gasteiger partial charge on any atom is -0.350 e. The lowest BCUT2D eigenvalue weighted by atomic mass is 9.94. The van der Waals surface area contributed by atoms with Gasteiger partial charge in [0.1, 0.15) is 0 Å². The Hall–Kier alpha value is -5.11. The van der Waals surface area contributed by atoms with E-state index in [0.29, 0.717) is 16.9 Å². The van der Waals surface area contributed by atoms with E-state index < -0.39 is 24.2 Å². The number of nitrogens with one attached hydrogen (secondary N) is 2. The van der Waals surface area contributed by atoms with Gasteiger partial charge < -0.3 is 15.5 Å². The van der Waals surface area contributed by atoms with Crippen molar-refractivity contribution in [2.24, 2.45) is 0 Å². The van der Waals surface area contributed by atoms with Crippen molar-refractivity contribution in [2.75, 3.05) is 16.8 Å². The maximum Gasteiger partial charge on any atom is 0.275 e. The van der Waals surface area contributed by atoms with Crippen molar-refractivity contribution >= 4 is 34.7 Å². The van der Waals surface area contributed by atoms with Crippen LogP contribution in [0.3, 0.4) is 0 Å². The predicted octanol–water partition coefficient (Wildman–Crippen LogP) is 8.12. The van der Waals surface area contributed by atoms with Crippen molar-refractivity contribution in [3.8, 4) is 11.1 Å². The van der Waals surface area contributed by atoms with Gasteiger partial charge >= 0.3 is 0 Å². The first-order valence-electron chi connectivity index (χ1n) is 15.7. The normalized spacial score (nSPS) is 17.1. The average molecular weight is 620 g/mol. The number of hydrogen-bond donors (Lipinski definition) is 2. The fraction of sp³-hybridized carbons (Fsp3) is 0.237. The predicted molar refractivity (Wildman–Crippen MR) is 177 cm³/mol. The first kappa shape index (κ1) is 30.9. The molecule has 8 heteroatoms. The van der Waals surface area contributed by atoms with Crippen molar-refractivity contribution in [3.05, 3.63) is 126 Å². The number of nitrogens with zero attached hydrogens (tertiary/aromatic N) is 1. The maximum atomic E-state index is 15.6. The summed E-state index contributed by atoms with van der Waals surface area (Å²) in [7, 11) is 0. The molecule has 0 atom stereocenters. The molecule has 3 amide bonds. The third-order valence-corrected chi connectivity index (χ3v) is 8.65. The van der Waals surface area contributed by atoms with E-state index in [1.165, 1.54) is 11.0 Å². The number of allylic oxidation sites excluding steroid dienone is 1. The van der Waals surface area contributed by atoms with Gasteiger partial charge in [-0.1, -0.05) is 86.0 Å². The molecule has 0 saturated heterocycles. The average Bonchev–Trinajstić information content (AvgIpc) is 3.19. The van der Waals surface area contributed by atoms with Gasteiger partial charge in [0.05, 0.1) is 5.69 Å². The molecule has 0 radical (unpaired) electrons. The van der Waals surface area contributed by atoms with E-state index in [4.69, 9.17) is 0 Å². The standard InChI is InChI=1S/C38H35F2N3O3/c39-38(40)23-24-43(34-18-10-9-17-32(34)33(38)25-35(44)41-28-13-5-2-6-14-28)37(46)27-19-21-29(22-20-27)42-36(45)31-16-8-7-15-30(31)26-11-3-1-4-12-26/h1,3-4,7-12,15-22,25,28H,2,5-6,13-14,23-24H2,(H,41,44)(H,42,45)/b33-25-. The molecule has 0 aromatic heterocycles. The van der Waals surface area contributed by atoms with Gasteiger partial charge in [0.25, 0.3) is 17.7 Å². The molecule has 1 saturated carbocycles. The van der Waals surface area contributed by atoms with Gasteiger partial charge in [0.15, 0.2) is 0 Å². The van der Waals surface area contributed by atoms with Gasteiger partial charge in [-0.25, -0.2) is 8.78 Å². The minimum absolute atomic E-state index is 0.0165. The number of fused-ring (bicyclic) bond motifs is 1. The van der Waals surface area contributed by atoms with Gasteiger partial charge in [-0.15, -0.1) is 0 Å². The van der Waals surface area contributed by atoms with Crippen molar-refractivity contribution in [1.29, 1.82) is 0 Å². The van der Waals surface area contributed by atoms with Crippen molar-refractivity contribution in [3.63, 3.8) is 0 Å². The second kappa shape index (κ2) is 13.5. The highest BCUT2D eigenvalue weighted by molar-refractivity contribution is 6.11. The van der Waals surface area contributed by atoms with Crippen LogP contribution in [0, 0.1) is 0 Å². The Morgan fingerprint density at radius 1 is 0.761 bits per heavy atom. The van der Waals surface area contributed by atoms with E-state index in [9.17, 15) is 14.4 Å². The summed E-state index contributed by atoms with van der Waals surface area (Å²) in [6.45, 7) is -0.237. The first-order chi connectivity index (χ1) is 22.3. The zero-order chi connectivity index (χ0) is 32.1. The smallest absolute Gasteiger partial charge is 0.275 e. The summed E-state index contributed by atoms with van der Waals surface area (Å²) < 4.78 is 31.2. The summed E-state index contributed by atoms with van der Waals surface area (Å²) in [5, 5.41) is 5.79. The van der Waals surface area contributed by atoms with Crippen molar-refractivity contribution < 1.29 is 23.2 Å². The van der Waals surface area contributed by atoms with Crippen molar-refractivity contribution in [2.45, 2.75) is 50.5 Å². The molecule has 1 fully saturated rings. The molecule has 6 rings (SSSR count). The first-order valence-corrected chi connectivity index (χ1v) is 15.7. The fourth-order valence-electron chi connectivity index (χ4n) is 6.26. The van der Waals surface area contributed by atoms with Crippen LogP contribution < -0.4 is 15.5 Å². The van der Waals surface area contributed by atoms with Gasteiger partial charge in [-0.3, -0.25) is 14.4 Å². The Kier molecular flexibility index (Phi) is 9.06. The zero-order valence-electron chi connectivity index (χ0n) is 25.3. The van der Waals surface area contributed by atoms with Crippen LogP contribution in [-0.2, 0) is 4.79 Å². The van der Waals surface area contributed by atoms with Crippen LogP contribution >= 0.6 is 0 Å². The molecular weight excluding hydrogens is 584 g/mol. The SMILES string of the molecule is O=C(/C=C1/c2ccccc2N(C(=O)c2ccc(NC(=O)c3ccccc3-c3ccccc3)cc2)CCC1(F)F)NC1CCCCC1. The highest BCUT2D eigenvalue weighted by atomic mass is 19.3. The number of halogens is 2. The van der Waals surface area contributed by atoms with Crippen LogP contribution in [0.15, 0.2) is 109 Å². The Labute approximate surface area is 267 Å². The molecule has 0 bridgehead atoms. The largest absolute Gasteiger partial charge is 0.350 e. The van der Waals surface area contributed by atoms with Crippen molar-refractivity contribution in [1.82, 2.24) is 5.32 Å². The second-order valence-electron chi connectivity index (χ2n) is 11.8. The quantitative estimate of drug-likeness (QED) is 0.214. The van der Waals surface area contributed by atoms with E-state index >= 15 is 8.78 Å². The van der Waals surface area contributed by atoms with E-state index in [2.05, 4.69) is 10.6 Å². The molecule has 1 heterocycles. The molecule has 2 N–H and O–H groups in total. The number of para-hydroxylation sites is 1. The molecule has 6 nitrogen and oxygen atoms in total. The van der Waals surface area contributed by atoms with Gasteiger partial charge in [-0.05, 0) is 60.4 Å². The van der Waals surface area contributed by atoms with Gasteiger partial charge in [0, 0.05) is 53.0 Å². The molecule has 2 aliphatic rings. The summed E-state index contributed by atoms with van der Waals surface area (Å²) in [5.41, 5.74) is 3.07. The zero-order valence-corrected chi connectivity index (χ0v) is 25.3. The lowest BCUT2D eigenvalue weighted by Crippen LogP contribution is -2.35. The number of carbonyl (C=O) groups excluding carboxylic acids is 3. The molecule has 1 aliphatic heterocycles. The molecular formula is C38H35F2N3O3. The Balaban J connectivity index is 1.21. The molecule has 4 aromatic carbocycles. The third kappa shape index (κ3) is 6.76. The lowest BCUT2D eigenvalue weighted by molar-refractivity contribution is -0.117. The molecule has 4 aromatic rings. The third-order valence-electron chi connectivity index (χ3n) is 8.65. The molecule has 0 unspecified atom stereocenters. The summed E-state index contributed by atoms with van der Waals surface area (Å²) in [4.78, 5) is 41.2. The lowest BCUT2D eigenvalue weighted by Gasteiger charge is -2.23. The second-order valence-corrected chi connectivity index (χ2v) is 11.8. The number of carbonyl (C=O) groups is 3.